The summed E-state index contributed by atoms with van der Waals surface area (Å²) in [4.78, 5) is 14.9. The van der Waals surface area contributed by atoms with Gasteiger partial charge in [-0.05, 0) is 19.3 Å². The van der Waals surface area contributed by atoms with Crippen LogP contribution in [0.2, 0.25) is 0 Å². The second-order valence-electron chi connectivity index (χ2n) is 6.42. The van der Waals surface area contributed by atoms with Crippen LogP contribution >= 0.6 is 11.8 Å². The van der Waals surface area contributed by atoms with E-state index in [1.54, 1.807) is 0 Å². The molecule has 1 saturated heterocycles. The number of hydrogen-bond acceptors (Lipinski definition) is 4. The van der Waals surface area contributed by atoms with Crippen LogP contribution in [0.5, 0.6) is 0 Å². The molecule has 0 aromatic heterocycles. The van der Waals surface area contributed by atoms with E-state index in [4.69, 9.17) is 10.9 Å². The Hall–Kier alpha value is -0.910. The molecule has 2 aliphatic rings. The molecule has 0 aromatic rings. The number of nitrogens with two attached hydrogens (primary N) is 1. The first-order chi connectivity index (χ1) is 9.41. The summed E-state index contributed by atoms with van der Waals surface area (Å²) in [5.41, 5.74) is 5.10. The van der Waals surface area contributed by atoms with Crippen LogP contribution in [0, 0.1) is 5.41 Å². The second kappa shape index (κ2) is 5.84. The summed E-state index contributed by atoms with van der Waals surface area (Å²) in [5.74, 6) is 1.10. The van der Waals surface area contributed by atoms with Gasteiger partial charge in [-0.3, -0.25) is 4.79 Å². The molecule has 1 aliphatic carbocycles. The fourth-order valence-corrected chi connectivity index (χ4v) is 4.28. The Kier molecular flexibility index (Phi) is 4.52. The van der Waals surface area contributed by atoms with E-state index in [1.807, 2.05) is 16.7 Å². The number of hydrogen-bond donors (Lipinski definition) is 2. The quantitative estimate of drug-likeness (QED) is 0.354. The van der Waals surface area contributed by atoms with Gasteiger partial charge in [0.25, 0.3) is 0 Å². The number of thioether (sulfide) groups is 1. The molecule has 5 nitrogen and oxygen atoms in total. The first-order valence-corrected chi connectivity index (χ1v) is 8.31. The maximum atomic E-state index is 12.9. The molecular weight excluding hydrogens is 274 g/mol. The molecule has 0 aromatic carbocycles. The van der Waals surface area contributed by atoms with E-state index in [1.165, 1.54) is 0 Å². The lowest BCUT2D eigenvalue weighted by atomic mass is 9.83. The Bertz CT molecular complexity index is 403. The molecule has 0 atom stereocenters. The molecule has 3 N–H and O–H groups in total. The van der Waals surface area contributed by atoms with Crippen LogP contribution in [0.1, 0.15) is 46.0 Å². The van der Waals surface area contributed by atoms with Crippen LogP contribution in [0.4, 0.5) is 0 Å². The molecule has 1 heterocycles. The zero-order chi connectivity index (χ0) is 14.8. The fraction of sp³-hybridized carbons (Fsp3) is 0.857. The first kappa shape index (κ1) is 15.5. The third kappa shape index (κ3) is 2.90. The molecule has 0 radical (unpaired) electrons. The van der Waals surface area contributed by atoms with E-state index in [2.05, 4.69) is 19.0 Å². The highest BCUT2D eigenvalue weighted by molar-refractivity contribution is 8.00. The van der Waals surface area contributed by atoms with Gasteiger partial charge in [-0.15, -0.1) is 0 Å². The van der Waals surface area contributed by atoms with Gasteiger partial charge in [0.1, 0.15) is 5.41 Å². The van der Waals surface area contributed by atoms with E-state index in [0.29, 0.717) is 12.8 Å². The van der Waals surface area contributed by atoms with E-state index in [-0.39, 0.29) is 16.5 Å². The van der Waals surface area contributed by atoms with Crippen molar-refractivity contribution in [2.45, 2.75) is 50.7 Å². The first-order valence-electron chi connectivity index (χ1n) is 7.33. The largest absolute Gasteiger partial charge is 0.409 e. The van der Waals surface area contributed by atoms with Crippen LogP contribution in [0.3, 0.4) is 0 Å². The van der Waals surface area contributed by atoms with Gasteiger partial charge < -0.3 is 15.8 Å². The highest BCUT2D eigenvalue weighted by atomic mass is 32.2. The van der Waals surface area contributed by atoms with Gasteiger partial charge in [0.2, 0.25) is 5.91 Å². The van der Waals surface area contributed by atoms with Crippen molar-refractivity contribution in [3.63, 3.8) is 0 Å². The predicted molar refractivity (Wildman–Crippen MR) is 82.0 cm³/mol. The number of amidine groups is 1. The lowest BCUT2D eigenvalue weighted by molar-refractivity contribution is -0.138. The Morgan fingerprint density at radius 2 is 1.90 bits per heavy atom. The smallest absolute Gasteiger partial charge is 0.236 e. The van der Waals surface area contributed by atoms with Gasteiger partial charge in [0.15, 0.2) is 5.84 Å². The summed E-state index contributed by atoms with van der Waals surface area (Å²) >= 11 is 1.91. The maximum Gasteiger partial charge on any atom is 0.236 e. The lowest BCUT2D eigenvalue weighted by Gasteiger charge is -2.33. The molecule has 0 bridgehead atoms. The van der Waals surface area contributed by atoms with Gasteiger partial charge in [-0.1, -0.05) is 31.8 Å². The lowest BCUT2D eigenvalue weighted by Crippen LogP contribution is -2.50. The molecule has 0 unspecified atom stereocenters. The zero-order valence-electron chi connectivity index (χ0n) is 12.4. The summed E-state index contributed by atoms with van der Waals surface area (Å²) in [7, 11) is 0. The Labute approximate surface area is 124 Å². The Morgan fingerprint density at radius 3 is 2.50 bits per heavy atom. The van der Waals surface area contributed by atoms with Crippen molar-refractivity contribution < 1.29 is 10.0 Å². The monoisotopic (exact) mass is 299 g/mol. The molecule has 6 heteroatoms. The molecule has 1 aliphatic heterocycles. The molecule has 2 fully saturated rings. The summed E-state index contributed by atoms with van der Waals surface area (Å²) < 4.78 is 0.217. The average molecular weight is 299 g/mol. The van der Waals surface area contributed by atoms with Crippen LogP contribution in [-0.4, -0.2) is 45.4 Å². The minimum Gasteiger partial charge on any atom is -0.409 e. The van der Waals surface area contributed by atoms with Gasteiger partial charge >= 0.3 is 0 Å². The van der Waals surface area contributed by atoms with Crippen LogP contribution in [-0.2, 0) is 4.79 Å². The molecule has 0 spiro atoms. The molecule has 2 rings (SSSR count). The highest BCUT2D eigenvalue weighted by Crippen LogP contribution is 2.41. The minimum absolute atomic E-state index is 0.0589. The minimum atomic E-state index is -0.756. The molecule has 1 amide bonds. The number of amides is 1. The highest BCUT2D eigenvalue weighted by Gasteiger charge is 2.47. The molecule has 20 heavy (non-hydrogen) atoms. The number of carbonyl (C=O) groups excluding carboxylic acids is 1. The second-order valence-corrected chi connectivity index (χ2v) is 8.23. The van der Waals surface area contributed by atoms with Crippen molar-refractivity contribution in [2.75, 3.05) is 18.8 Å². The summed E-state index contributed by atoms with van der Waals surface area (Å²) in [6.07, 6.45) is 4.32. The maximum absolute atomic E-state index is 12.9. The van der Waals surface area contributed by atoms with Crippen LogP contribution in [0.15, 0.2) is 5.16 Å². The van der Waals surface area contributed by atoms with Crippen molar-refractivity contribution >= 4 is 23.5 Å². The average Bonchev–Trinajstić information content (AvgIpc) is 2.84. The van der Waals surface area contributed by atoms with Crippen molar-refractivity contribution in [3.8, 4) is 0 Å². The van der Waals surface area contributed by atoms with Gasteiger partial charge in [-0.25, -0.2) is 0 Å². The Balaban J connectivity index is 2.16. The van der Waals surface area contributed by atoms with Gasteiger partial charge in [0, 0.05) is 23.6 Å². The van der Waals surface area contributed by atoms with Gasteiger partial charge in [-0.2, -0.15) is 11.8 Å². The number of rotatable bonds is 2. The third-order valence-electron chi connectivity index (χ3n) is 4.59. The topological polar surface area (TPSA) is 78.9 Å². The van der Waals surface area contributed by atoms with E-state index in [9.17, 15) is 4.79 Å². The van der Waals surface area contributed by atoms with Gasteiger partial charge in [0.05, 0.1) is 0 Å². The standard InChI is InChI=1S/C14H25N3O2S/c1-13(2)7-8-17(9-10-20-13)12(18)14(11(15)16-19)5-3-4-6-14/h19H,3-10H2,1-2H3,(H2,15,16). The number of nitrogens with zero attached hydrogens (tertiary/aromatic N) is 2. The molecular formula is C14H25N3O2S. The van der Waals surface area contributed by atoms with Crippen molar-refractivity contribution in [1.82, 2.24) is 4.90 Å². The molecule has 1 saturated carbocycles. The summed E-state index contributed by atoms with van der Waals surface area (Å²) in [5, 5.41) is 12.2. The number of oxime groups is 1. The number of carbonyl (C=O) groups is 1. The van der Waals surface area contributed by atoms with Crippen LogP contribution < -0.4 is 5.73 Å². The van der Waals surface area contributed by atoms with Crippen molar-refractivity contribution in [3.05, 3.63) is 0 Å². The summed E-state index contributed by atoms with van der Waals surface area (Å²) in [6, 6.07) is 0. The van der Waals surface area contributed by atoms with E-state index in [0.717, 1.165) is 38.1 Å². The van der Waals surface area contributed by atoms with E-state index < -0.39 is 5.41 Å². The van der Waals surface area contributed by atoms with E-state index >= 15 is 0 Å². The predicted octanol–water partition coefficient (Wildman–Crippen LogP) is 2.04. The Morgan fingerprint density at radius 1 is 1.25 bits per heavy atom. The van der Waals surface area contributed by atoms with Crippen molar-refractivity contribution in [1.29, 1.82) is 0 Å². The van der Waals surface area contributed by atoms with Crippen LogP contribution in [0.25, 0.3) is 0 Å². The third-order valence-corrected chi connectivity index (χ3v) is 5.96. The zero-order valence-corrected chi connectivity index (χ0v) is 13.2. The summed E-state index contributed by atoms with van der Waals surface area (Å²) in [6.45, 7) is 5.97. The fourth-order valence-electron chi connectivity index (χ4n) is 3.18. The van der Waals surface area contributed by atoms with Crippen molar-refractivity contribution in [2.24, 2.45) is 16.3 Å². The SMILES string of the molecule is CC1(C)CCN(C(=O)C2(C(N)=NO)CCCC2)CCS1. The molecule has 114 valence electrons. The normalized spacial score (nSPS) is 26.3.